The van der Waals surface area contributed by atoms with Crippen molar-refractivity contribution in [2.75, 3.05) is 77.6 Å². The average Bonchev–Trinajstić information content (AvgIpc) is 3.09. The van der Waals surface area contributed by atoms with Crippen molar-refractivity contribution in [2.45, 2.75) is 38.7 Å². The number of morpholine rings is 1. The van der Waals surface area contributed by atoms with Gasteiger partial charge in [-0.2, -0.15) is 0 Å². The zero-order valence-corrected chi connectivity index (χ0v) is 23.2. The zero-order chi connectivity index (χ0) is 29.1. The number of benzene rings is 1. The molecule has 2 aliphatic heterocycles. The minimum absolute atomic E-state index is 0.312. The van der Waals surface area contributed by atoms with Crippen LogP contribution in [0.5, 0.6) is 5.75 Å². The summed E-state index contributed by atoms with van der Waals surface area (Å²) in [5, 5.41) is 33.8. The molecule has 0 saturated carbocycles. The van der Waals surface area contributed by atoms with Gasteiger partial charge in [0.05, 0.1) is 33.2 Å². The summed E-state index contributed by atoms with van der Waals surface area (Å²) in [6.07, 6.45) is -1.07. The van der Waals surface area contributed by atoms with Gasteiger partial charge in [0, 0.05) is 51.5 Å². The van der Waals surface area contributed by atoms with Crippen LogP contribution in [0.25, 0.3) is 0 Å². The van der Waals surface area contributed by atoms with Crippen LogP contribution in [-0.2, 0) is 19.1 Å². The van der Waals surface area contributed by atoms with E-state index >= 15 is 0 Å². The number of carboxylic acid groups (broad SMARTS) is 3. The van der Waals surface area contributed by atoms with Crippen molar-refractivity contribution < 1.29 is 44.3 Å². The van der Waals surface area contributed by atoms with E-state index in [1.807, 2.05) is 0 Å². The van der Waals surface area contributed by atoms with E-state index in [9.17, 15) is 14.4 Å². The van der Waals surface area contributed by atoms with Crippen LogP contribution in [0, 0.1) is 5.41 Å². The molecule has 0 spiro atoms. The predicted molar refractivity (Wildman–Crippen MR) is 144 cm³/mol. The van der Waals surface area contributed by atoms with Gasteiger partial charge < -0.3 is 39.7 Å². The standard InChI is InChI=1S/C21H35N3O2.C6H8O7/c1-21(2,18-23-13-15-26-16-14-23)17-22-9-4-10-24(12-11-22)19-5-7-20(25-3)8-6-19;7-3(8)1-6(13,5(11)12)2-4(9)10/h5-8H,4,9-18H2,1-3H3;13H,1-2H2,(H,7,8)(H,9,10)(H,11,12). The highest BCUT2D eigenvalue weighted by Gasteiger charge is 2.40. The van der Waals surface area contributed by atoms with Crippen molar-refractivity contribution in [1.29, 1.82) is 0 Å². The molecule has 3 rings (SSSR count). The van der Waals surface area contributed by atoms with E-state index in [-0.39, 0.29) is 0 Å². The number of methoxy groups -OCH3 is 1. The molecule has 2 heterocycles. The third-order valence-corrected chi connectivity index (χ3v) is 6.72. The fraction of sp³-hybridized carbons (Fsp3) is 0.667. The van der Waals surface area contributed by atoms with Gasteiger partial charge in [0.25, 0.3) is 0 Å². The lowest BCUT2D eigenvalue weighted by molar-refractivity contribution is -0.170. The van der Waals surface area contributed by atoms with Gasteiger partial charge in [-0.3, -0.25) is 14.5 Å². The summed E-state index contributed by atoms with van der Waals surface area (Å²) in [5.41, 5.74) is -1.12. The molecular weight excluding hydrogens is 510 g/mol. The number of rotatable bonds is 11. The van der Waals surface area contributed by atoms with Crippen LogP contribution in [0.1, 0.15) is 33.1 Å². The number of carboxylic acids is 3. The molecular formula is C27H43N3O9. The first-order valence-corrected chi connectivity index (χ1v) is 13.1. The second-order valence-electron chi connectivity index (χ2n) is 10.8. The molecule has 12 nitrogen and oxygen atoms in total. The second-order valence-corrected chi connectivity index (χ2v) is 10.8. The van der Waals surface area contributed by atoms with Gasteiger partial charge in [-0.1, -0.05) is 13.8 Å². The van der Waals surface area contributed by atoms with Crippen LogP contribution in [0.15, 0.2) is 24.3 Å². The summed E-state index contributed by atoms with van der Waals surface area (Å²) in [5.74, 6) is -4.09. The Hall–Kier alpha value is -2.93. The van der Waals surface area contributed by atoms with E-state index in [0.717, 1.165) is 58.2 Å². The van der Waals surface area contributed by atoms with Crippen LogP contribution >= 0.6 is 0 Å². The van der Waals surface area contributed by atoms with Crippen LogP contribution in [-0.4, -0.2) is 126 Å². The molecule has 12 heteroatoms. The molecule has 0 bridgehead atoms. The molecule has 0 aliphatic carbocycles. The van der Waals surface area contributed by atoms with Crippen molar-refractivity contribution in [2.24, 2.45) is 5.41 Å². The number of hydrogen-bond acceptors (Lipinski definition) is 9. The molecule has 0 unspecified atom stereocenters. The molecule has 1 aromatic carbocycles. The van der Waals surface area contributed by atoms with Gasteiger partial charge in [-0.05, 0) is 42.6 Å². The first-order chi connectivity index (χ1) is 18.3. The Morgan fingerprint density at radius 3 is 1.87 bits per heavy atom. The maximum Gasteiger partial charge on any atom is 0.336 e. The zero-order valence-electron chi connectivity index (χ0n) is 23.2. The summed E-state index contributed by atoms with van der Waals surface area (Å²) in [6.45, 7) is 15.6. The number of carbonyl (C=O) groups is 3. The Labute approximate surface area is 229 Å². The number of ether oxygens (including phenoxy) is 2. The molecule has 220 valence electrons. The summed E-state index contributed by atoms with van der Waals surface area (Å²) in [6, 6.07) is 8.47. The van der Waals surface area contributed by atoms with Gasteiger partial charge in [-0.25, -0.2) is 4.79 Å². The van der Waals surface area contributed by atoms with E-state index in [0.29, 0.717) is 5.41 Å². The molecule has 0 amide bonds. The number of aliphatic hydroxyl groups is 1. The summed E-state index contributed by atoms with van der Waals surface area (Å²) < 4.78 is 10.8. The Kier molecular flexibility index (Phi) is 12.4. The molecule has 1 aromatic rings. The van der Waals surface area contributed by atoms with Gasteiger partial charge in [-0.15, -0.1) is 0 Å². The van der Waals surface area contributed by atoms with Gasteiger partial charge in [0.1, 0.15) is 5.75 Å². The van der Waals surface area contributed by atoms with Crippen LogP contribution in [0.2, 0.25) is 0 Å². The smallest absolute Gasteiger partial charge is 0.336 e. The lowest BCUT2D eigenvalue weighted by Gasteiger charge is -2.38. The predicted octanol–water partition coefficient (Wildman–Crippen LogP) is 1.32. The average molecular weight is 554 g/mol. The van der Waals surface area contributed by atoms with E-state index in [2.05, 4.69) is 52.8 Å². The minimum atomic E-state index is -2.74. The number of anilines is 1. The summed E-state index contributed by atoms with van der Waals surface area (Å²) >= 11 is 0. The largest absolute Gasteiger partial charge is 0.497 e. The second kappa shape index (κ2) is 15.0. The van der Waals surface area contributed by atoms with E-state index in [4.69, 9.17) is 29.9 Å². The Morgan fingerprint density at radius 1 is 0.846 bits per heavy atom. The first-order valence-electron chi connectivity index (χ1n) is 13.1. The maximum atomic E-state index is 10.3. The van der Waals surface area contributed by atoms with E-state index in [1.54, 1.807) is 7.11 Å². The lowest BCUT2D eigenvalue weighted by Crippen LogP contribution is -2.46. The fourth-order valence-electron chi connectivity index (χ4n) is 4.91. The Bertz CT molecular complexity index is 917. The molecule has 2 fully saturated rings. The third kappa shape index (κ3) is 11.4. The molecule has 2 saturated heterocycles. The van der Waals surface area contributed by atoms with Crippen molar-refractivity contribution in [3.8, 4) is 5.75 Å². The van der Waals surface area contributed by atoms with Crippen LogP contribution in [0.3, 0.4) is 0 Å². The normalized spacial score (nSPS) is 17.5. The summed E-state index contributed by atoms with van der Waals surface area (Å²) in [7, 11) is 1.72. The molecule has 0 radical (unpaired) electrons. The maximum absolute atomic E-state index is 10.3. The highest BCUT2D eigenvalue weighted by molar-refractivity contribution is 5.88. The van der Waals surface area contributed by atoms with Crippen molar-refractivity contribution in [3.05, 3.63) is 24.3 Å². The third-order valence-electron chi connectivity index (χ3n) is 6.72. The number of aliphatic carboxylic acids is 3. The number of hydrogen-bond donors (Lipinski definition) is 4. The Morgan fingerprint density at radius 2 is 1.38 bits per heavy atom. The van der Waals surface area contributed by atoms with E-state index < -0.39 is 36.4 Å². The monoisotopic (exact) mass is 553 g/mol. The van der Waals surface area contributed by atoms with Gasteiger partial charge in [0.15, 0.2) is 5.60 Å². The highest BCUT2D eigenvalue weighted by Crippen LogP contribution is 2.23. The summed E-state index contributed by atoms with van der Waals surface area (Å²) in [4.78, 5) is 38.2. The number of nitrogens with zero attached hydrogens (tertiary/aromatic N) is 3. The van der Waals surface area contributed by atoms with Gasteiger partial charge >= 0.3 is 17.9 Å². The molecule has 0 aromatic heterocycles. The fourth-order valence-corrected chi connectivity index (χ4v) is 4.91. The Balaban J connectivity index is 0.000000349. The van der Waals surface area contributed by atoms with Crippen LogP contribution < -0.4 is 9.64 Å². The SMILES string of the molecule is COc1ccc(N2CCCN(CC(C)(C)CN3CCOCC3)CC2)cc1.O=C(O)CC(O)(CC(=O)O)C(=O)O. The van der Waals surface area contributed by atoms with E-state index in [1.165, 1.54) is 25.2 Å². The topological polar surface area (TPSA) is 160 Å². The minimum Gasteiger partial charge on any atom is -0.497 e. The first kappa shape index (κ1) is 32.3. The molecule has 0 atom stereocenters. The lowest BCUT2D eigenvalue weighted by atomic mass is 9.91. The molecule has 4 N–H and O–H groups in total. The van der Waals surface area contributed by atoms with Crippen molar-refractivity contribution >= 4 is 23.6 Å². The van der Waals surface area contributed by atoms with Crippen LogP contribution in [0.4, 0.5) is 5.69 Å². The molecule has 39 heavy (non-hydrogen) atoms. The quantitative estimate of drug-likeness (QED) is 0.312. The van der Waals surface area contributed by atoms with Gasteiger partial charge in [0.2, 0.25) is 0 Å². The van der Waals surface area contributed by atoms with Crippen molar-refractivity contribution in [1.82, 2.24) is 9.80 Å². The highest BCUT2D eigenvalue weighted by atomic mass is 16.5. The van der Waals surface area contributed by atoms with Crippen molar-refractivity contribution in [3.63, 3.8) is 0 Å². The molecule has 2 aliphatic rings.